The van der Waals surface area contributed by atoms with Crippen molar-refractivity contribution in [3.05, 3.63) is 0 Å². The molecular formula is C8H10F3N. The molecule has 1 nitrogen and oxygen atoms in total. The molecule has 0 aliphatic heterocycles. The summed E-state index contributed by atoms with van der Waals surface area (Å²) in [7, 11) is 0. The van der Waals surface area contributed by atoms with Gasteiger partial charge in [-0.1, -0.05) is 12.8 Å². The SMILES string of the molecule is N#CC(C1CCCC1)C(F)(F)F. The Hall–Kier alpha value is -0.720. The Kier molecular flexibility index (Phi) is 2.61. The largest absolute Gasteiger partial charge is 0.404 e. The van der Waals surface area contributed by atoms with Gasteiger partial charge in [0.25, 0.3) is 0 Å². The molecule has 1 atom stereocenters. The third-order valence-corrected chi connectivity index (χ3v) is 2.36. The van der Waals surface area contributed by atoms with Gasteiger partial charge in [0, 0.05) is 0 Å². The van der Waals surface area contributed by atoms with Gasteiger partial charge in [0.1, 0.15) is 5.92 Å². The van der Waals surface area contributed by atoms with Gasteiger partial charge in [-0.2, -0.15) is 18.4 Å². The number of halogens is 3. The minimum Gasteiger partial charge on any atom is -0.198 e. The molecule has 1 aliphatic carbocycles. The molecule has 1 rings (SSSR count). The van der Waals surface area contributed by atoms with Crippen molar-refractivity contribution in [1.82, 2.24) is 0 Å². The molecule has 0 aromatic carbocycles. The van der Waals surface area contributed by atoms with Crippen LogP contribution >= 0.6 is 0 Å². The highest BCUT2D eigenvalue weighted by atomic mass is 19.4. The van der Waals surface area contributed by atoms with Crippen LogP contribution in [0.25, 0.3) is 0 Å². The number of rotatable bonds is 1. The molecule has 0 radical (unpaired) electrons. The zero-order valence-corrected chi connectivity index (χ0v) is 6.56. The zero-order valence-electron chi connectivity index (χ0n) is 6.56. The van der Waals surface area contributed by atoms with Crippen LogP contribution < -0.4 is 0 Å². The van der Waals surface area contributed by atoms with E-state index in [1.807, 2.05) is 0 Å². The van der Waals surface area contributed by atoms with Crippen molar-refractivity contribution < 1.29 is 13.2 Å². The van der Waals surface area contributed by atoms with Crippen LogP contribution in [0.4, 0.5) is 13.2 Å². The van der Waals surface area contributed by atoms with Crippen molar-refractivity contribution in [2.45, 2.75) is 31.9 Å². The molecule has 12 heavy (non-hydrogen) atoms. The van der Waals surface area contributed by atoms with E-state index in [-0.39, 0.29) is 0 Å². The Morgan fingerprint density at radius 3 is 2.08 bits per heavy atom. The fraction of sp³-hybridized carbons (Fsp3) is 0.875. The molecule has 0 bridgehead atoms. The summed E-state index contributed by atoms with van der Waals surface area (Å²) in [5.41, 5.74) is 0. The summed E-state index contributed by atoms with van der Waals surface area (Å²) >= 11 is 0. The molecule has 0 N–H and O–H groups in total. The van der Waals surface area contributed by atoms with Gasteiger partial charge in [-0.3, -0.25) is 0 Å². The molecule has 68 valence electrons. The molecule has 4 heteroatoms. The molecule has 1 saturated carbocycles. The minimum absolute atomic E-state index is 0.449. The lowest BCUT2D eigenvalue weighted by Gasteiger charge is -2.18. The highest BCUT2D eigenvalue weighted by Gasteiger charge is 2.45. The third kappa shape index (κ3) is 1.90. The molecule has 1 fully saturated rings. The van der Waals surface area contributed by atoms with Gasteiger partial charge in [-0.15, -0.1) is 0 Å². The lowest BCUT2D eigenvalue weighted by atomic mass is 9.92. The van der Waals surface area contributed by atoms with Crippen LogP contribution in [0, 0.1) is 23.2 Å². The smallest absolute Gasteiger partial charge is 0.198 e. The second-order valence-electron chi connectivity index (χ2n) is 3.19. The van der Waals surface area contributed by atoms with Crippen molar-refractivity contribution in [1.29, 1.82) is 5.26 Å². The lowest BCUT2D eigenvalue weighted by Crippen LogP contribution is -2.27. The van der Waals surface area contributed by atoms with Crippen LogP contribution in [-0.4, -0.2) is 6.18 Å². The number of nitriles is 1. The van der Waals surface area contributed by atoms with E-state index in [1.165, 1.54) is 6.07 Å². The van der Waals surface area contributed by atoms with E-state index in [9.17, 15) is 13.2 Å². The number of hydrogen-bond acceptors (Lipinski definition) is 1. The van der Waals surface area contributed by atoms with Gasteiger partial charge in [0.05, 0.1) is 6.07 Å². The first-order valence-corrected chi connectivity index (χ1v) is 4.02. The zero-order chi connectivity index (χ0) is 9.19. The van der Waals surface area contributed by atoms with Crippen LogP contribution in [0.1, 0.15) is 25.7 Å². The quantitative estimate of drug-likeness (QED) is 0.604. The molecule has 0 saturated heterocycles. The summed E-state index contributed by atoms with van der Waals surface area (Å²) in [4.78, 5) is 0. The maximum absolute atomic E-state index is 12.1. The lowest BCUT2D eigenvalue weighted by molar-refractivity contribution is -0.171. The summed E-state index contributed by atoms with van der Waals surface area (Å²) in [6, 6.07) is 1.36. The minimum atomic E-state index is -4.33. The van der Waals surface area contributed by atoms with E-state index in [2.05, 4.69) is 0 Å². The average molecular weight is 177 g/mol. The van der Waals surface area contributed by atoms with E-state index < -0.39 is 18.0 Å². The molecule has 1 unspecified atom stereocenters. The van der Waals surface area contributed by atoms with Crippen LogP contribution in [0.5, 0.6) is 0 Å². The number of nitrogens with zero attached hydrogens (tertiary/aromatic N) is 1. The molecule has 0 aromatic heterocycles. The molecule has 0 aromatic rings. The predicted octanol–water partition coefficient (Wildman–Crippen LogP) is 2.88. The standard InChI is InChI=1S/C8H10F3N/c9-8(10,11)7(5-12)6-3-1-2-4-6/h6-7H,1-4H2. The summed E-state index contributed by atoms with van der Waals surface area (Å²) in [5, 5.41) is 8.35. The Morgan fingerprint density at radius 2 is 1.75 bits per heavy atom. The highest BCUT2D eigenvalue weighted by molar-refractivity contribution is 4.94. The van der Waals surface area contributed by atoms with Gasteiger partial charge in [0.15, 0.2) is 0 Å². The van der Waals surface area contributed by atoms with Crippen molar-refractivity contribution in [2.24, 2.45) is 11.8 Å². The fourth-order valence-electron chi connectivity index (χ4n) is 1.74. The molecule has 0 heterocycles. The van der Waals surface area contributed by atoms with Crippen LogP contribution in [0.15, 0.2) is 0 Å². The Morgan fingerprint density at radius 1 is 1.25 bits per heavy atom. The normalized spacial score (nSPS) is 22.2. The monoisotopic (exact) mass is 177 g/mol. The fourth-order valence-corrected chi connectivity index (χ4v) is 1.74. The van der Waals surface area contributed by atoms with E-state index in [0.717, 1.165) is 12.8 Å². The average Bonchev–Trinajstić information content (AvgIpc) is 2.38. The van der Waals surface area contributed by atoms with Crippen LogP contribution in [0.2, 0.25) is 0 Å². The van der Waals surface area contributed by atoms with E-state index in [4.69, 9.17) is 5.26 Å². The van der Waals surface area contributed by atoms with Gasteiger partial charge in [-0.25, -0.2) is 0 Å². The van der Waals surface area contributed by atoms with Gasteiger partial charge in [0.2, 0.25) is 0 Å². The van der Waals surface area contributed by atoms with Gasteiger partial charge >= 0.3 is 6.18 Å². The highest BCUT2D eigenvalue weighted by Crippen LogP contribution is 2.39. The predicted molar refractivity (Wildman–Crippen MR) is 37.1 cm³/mol. The Labute approximate surface area is 69.2 Å². The Balaban J connectivity index is 2.63. The maximum atomic E-state index is 12.1. The first-order valence-electron chi connectivity index (χ1n) is 4.02. The van der Waals surface area contributed by atoms with E-state index in [0.29, 0.717) is 12.8 Å². The van der Waals surface area contributed by atoms with Crippen LogP contribution in [-0.2, 0) is 0 Å². The molecule has 1 aliphatic rings. The van der Waals surface area contributed by atoms with E-state index in [1.54, 1.807) is 0 Å². The second-order valence-corrected chi connectivity index (χ2v) is 3.19. The summed E-state index contributed by atoms with van der Waals surface area (Å²) in [5.74, 6) is -2.19. The first-order chi connectivity index (χ1) is 5.55. The van der Waals surface area contributed by atoms with Gasteiger partial charge in [-0.05, 0) is 18.8 Å². The molecule has 0 amide bonds. The van der Waals surface area contributed by atoms with Crippen molar-refractivity contribution >= 4 is 0 Å². The Bertz CT molecular complexity index is 185. The third-order valence-electron chi connectivity index (χ3n) is 2.36. The van der Waals surface area contributed by atoms with Crippen LogP contribution in [0.3, 0.4) is 0 Å². The topological polar surface area (TPSA) is 23.8 Å². The van der Waals surface area contributed by atoms with Gasteiger partial charge < -0.3 is 0 Å². The van der Waals surface area contributed by atoms with Crippen molar-refractivity contribution in [3.8, 4) is 6.07 Å². The van der Waals surface area contributed by atoms with Crippen molar-refractivity contribution in [3.63, 3.8) is 0 Å². The first kappa shape index (κ1) is 9.37. The maximum Gasteiger partial charge on any atom is 0.404 e. The molecule has 0 spiro atoms. The van der Waals surface area contributed by atoms with Crippen molar-refractivity contribution in [2.75, 3.05) is 0 Å². The summed E-state index contributed by atoms with van der Waals surface area (Å²) in [6.45, 7) is 0. The molecular weight excluding hydrogens is 167 g/mol. The number of alkyl halides is 3. The number of hydrogen-bond donors (Lipinski definition) is 0. The second kappa shape index (κ2) is 3.34. The van der Waals surface area contributed by atoms with E-state index >= 15 is 0 Å². The summed E-state index contributed by atoms with van der Waals surface area (Å²) in [6.07, 6.45) is -1.56. The summed E-state index contributed by atoms with van der Waals surface area (Å²) < 4.78 is 36.4.